The number of rotatable bonds is 7. The van der Waals surface area contributed by atoms with Crippen molar-refractivity contribution in [2.24, 2.45) is 5.92 Å². The van der Waals surface area contributed by atoms with Gasteiger partial charge in [-0.05, 0) is 48.2 Å². The Morgan fingerprint density at radius 3 is 2.63 bits per heavy atom. The molecule has 3 heterocycles. The second kappa shape index (κ2) is 11.3. The van der Waals surface area contributed by atoms with Crippen LogP contribution in [-0.2, 0) is 9.59 Å². The molecule has 0 radical (unpaired) electrons. The molecule has 0 unspecified atom stereocenters. The number of hydrogen-bond donors (Lipinski definition) is 1. The first-order valence-corrected chi connectivity index (χ1v) is 14.8. The quantitative estimate of drug-likeness (QED) is 0.316. The lowest BCUT2D eigenvalue weighted by atomic mass is 9.99. The standard InChI is InChI=1S/C32H32N4O4S/c1-20(2)16-33-27(37)17-35-28(38)18-41-31(23-12-13-25-26(15-23)40-19-39-25)29-30(22-9-5-4-6-10-22)34-36(32(29)35)24-11-7-8-21(3)14-24/h4-15,20,31H,16-19H2,1-3H3,(H,33,37)/t31-/m1/s1. The summed E-state index contributed by atoms with van der Waals surface area (Å²) < 4.78 is 13.1. The third kappa shape index (κ3) is 5.41. The highest BCUT2D eigenvalue weighted by molar-refractivity contribution is 8.00. The van der Waals surface area contributed by atoms with Crippen molar-refractivity contribution in [1.29, 1.82) is 0 Å². The van der Waals surface area contributed by atoms with Gasteiger partial charge < -0.3 is 14.8 Å². The summed E-state index contributed by atoms with van der Waals surface area (Å²) in [5.41, 5.74) is 5.43. The summed E-state index contributed by atoms with van der Waals surface area (Å²) in [5, 5.41) is 7.88. The molecule has 0 saturated heterocycles. The Labute approximate surface area is 243 Å². The second-order valence-corrected chi connectivity index (χ2v) is 11.8. The van der Waals surface area contributed by atoms with E-state index >= 15 is 0 Å². The first kappa shape index (κ1) is 27.0. The highest BCUT2D eigenvalue weighted by Crippen LogP contribution is 2.50. The Kier molecular flexibility index (Phi) is 7.45. The molecule has 0 saturated carbocycles. The zero-order valence-electron chi connectivity index (χ0n) is 23.3. The van der Waals surface area contributed by atoms with E-state index in [0.29, 0.717) is 29.8 Å². The molecule has 0 aliphatic carbocycles. The van der Waals surface area contributed by atoms with E-state index in [1.807, 2.05) is 98.2 Å². The Balaban J connectivity index is 1.58. The van der Waals surface area contributed by atoms with Crippen molar-refractivity contribution in [1.82, 2.24) is 15.1 Å². The van der Waals surface area contributed by atoms with E-state index < -0.39 is 0 Å². The lowest BCUT2D eigenvalue weighted by Gasteiger charge is -2.23. The Morgan fingerprint density at radius 2 is 1.85 bits per heavy atom. The molecule has 9 heteroatoms. The van der Waals surface area contributed by atoms with E-state index in [0.717, 1.165) is 33.6 Å². The van der Waals surface area contributed by atoms with Crippen molar-refractivity contribution in [3.05, 3.63) is 89.5 Å². The highest BCUT2D eigenvalue weighted by Gasteiger charge is 2.38. The van der Waals surface area contributed by atoms with Crippen LogP contribution in [0.25, 0.3) is 16.9 Å². The van der Waals surface area contributed by atoms with E-state index in [1.165, 1.54) is 11.8 Å². The smallest absolute Gasteiger partial charge is 0.240 e. The first-order valence-electron chi connectivity index (χ1n) is 13.7. The molecular formula is C32H32N4O4S. The van der Waals surface area contributed by atoms with Crippen LogP contribution in [0.5, 0.6) is 11.5 Å². The summed E-state index contributed by atoms with van der Waals surface area (Å²) >= 11 is 1.53. The van der Waals surface area contributed by atoms with Crippen LogP contribution >= 0.6 is 11.8 Å². The van der Waals surface area contributed by atoms with Crippen LogP contribution in [0, 0.1) is 12.8 Å². The van der Waals surface area contributed by atoms with E-state index in [2.05, 4.69) is 5.32 Å². The molecule has 0 spiro atoms. The maximum atomic E-state index is 13.9. The number of thioether (sulfide) groups is 1. The van der Waals surface area contributed by atoms with Gasteiger partial charge in [-0.1, -0.05) is 62.4 Å². The molecule has 210 valence electrons. The van der Waals surface area contributed by atoms with Crippen molar-refractivity contribution in [2.75, 3.05) is 30.5 Å². The number of anilines is 1. The minimum absolute atomic E-state index is 0.0985. The zero-order valence-corrected chi connectivity index (χ0v) is 24.1. The van der Waals surface area contributed by atoms with Crippen LogP contribution in [-0.4, -0.2) is 47.2 Å². The Hall–Kier alpha value is -4.24. The van der Waals surface area contributed by atoms with Crippen molar-refractivity contribution in [3.8, 4) is 28.4 Å². The average Bonchev–Trinajstić information content (AvgIpc) is 3.57. The number of carbonyl (C=O) groups excluding carboxylic acids is 2. The van der Waals surface area contributed by atoms with Gasteiger partial charge in [0.15, 0.2) is 11.5 Å². The van der Waals surface area contributed by atoms with Gasteiger partial charge in [-0.25, -0.2) is 4.68 Å². The average molecular weight is 569 g/mol. The van der Waals surface area contributed by atoms with Gasteiger partial charge in [-0.2, -0.15) is 5.10 Å². The number of amides is 2. The highest BCUT2D eigenvalue weighted by atomic mass is 32.2. The van der Waals surface area contributed by atoms with Gasteiger partial charge in [0, 0.05) is 17.7 Å². The van der Waals surface area contributed by atoms with Gasteiger partial charge >= 0.3 is 0 Å². The summed E-state index contributed by atoms with van der Waals surface area (Å²) in [7, 11) is 0. The SMILES string of the molecule is Cc1cccc(-n2nc(-c3ccccc3)c3c2N(CC(=O)NCC(C)C)C(=O)CS[C@@H]3c2ccc3c(c2)OCO3)c1. The molecule has 0 bridgehead atoms. The molecule has 2 amide bonds. The normalized spacial score (nSPS) is 16.0. The minimum Gasteiger partial charge on any atom is -0.454 e. The molecular weight excluding hydrogens is 536 g/mol. The summed E-state index contributed by atoms with van der Waals surface area (Å²) in [5.74, 6) is 2.13. The van der Waals surface area contributed by atoms with Crippen molar-refractivity contribution in [2.45, 2.75) is 26.0 Å². The lowest BCUT2D eigenvalue weighted by molar-refractivity contribution is -0.123. The van der Waals surface area contributed by atoms with E-state index in [-0.39, 0.29) is 36.2 Å². The fourth-order valence-corrected chi connectivity index (χ4v) is 6.31. The second-order valence-electron chi connectivity index (χ2n) is 10.7. The van der Waals surface area contributed by atoms with Gasteiger partial charge in [0.1, 0.15) is 12.4 Å². The molecule has 1 atom stereocenters. The first-order chi connectivity index (χ1) is 19.9. The van der Waals surface area contributed by atoms with Crippen LogP contribution in [0.1, 0.15) is 35.8 Å². The summed E-state index contributed by atoms with van der Waals surface area (Å²) in [6.45, 7) is 6.73. The van der Waals surface area contributed by atoms with Crippen LogP contribution in [0.2, 0.25) is 0 Å². The summed E-state index contributed by atoms with van der Waals surface area (Å²) in [4.78, 5) is 28.6. The maximum Gasteiger partial charge on any atom is 0.240 e. The third-order valence-electron chi connectivity index (χ3n) is 7.09. The predicted octanol–water partition coefficient (Wildman–Crippen LogP) is 5.52. The van der Waals surface area contributed by atoms with E-state index in [9.17, 15) is 9.59 Å². The number of hydrogen-bond acceptors (Lipinski definition) is 6. The minimum atomic E-state index is -0.249. The molecule has 4 aromatic rings. The molecule has 8 nitrogen and oxygen atoms in total. The number of fused-ring (bicyclic) bond motifs is 2. The number of benzene rings is 3. The van der Waals surface area contributed by atoms with Gasteiger partial charge in [-0.3, -0.25) is 14.5 Å². The van der Waals surface area contributed by atoms with Crippen molar-refractivity contribution < 1.29 is 19.1 Å². The number of ether oxygens (including phenoxy) is 2. The predicted molar refractivity (Wildman–Crippen MR) is 161 cm³/mol. The number of nitrogens with one attached hydrogen (secondary N) is 1. The zero-order chi connectivity index (χ0) is 28.5. The molecule has 0 fully saturated rings. The summed E-state index contributed by atoms with van der Waals surface area (Å²) in [6.07, 6.45) is 0. The Bertz CT molecular complexity index is 1600. The maximum absolute atomic E-state index is 13.9. The fraction of sp³-hybridized carbons (Fsp3) is 0.281. The van der Waals surface area contributed by atoms with Gasteiger partial charge in [-0.15, -0.1) is 11.8 Å². The molecule has 1 aromatic heterocycles. The molecule has 3 aromatic carbocycles. The van der Waals surface area contributed by atoms with Crippen molar-refractivity contribution in [3.63, 3.8) is 0 Å². The number of nitrogens with zero attached hydrogens (tertiary/aromatic N) is 3. The van der Waals surface area contributed by atoms with Gasteiger partial charge in [0.05, 0.1) is 22.4 Å². The molecule has 41 heavy (non-hydrogen) atoms. The molecule has 6 rings (SSSR count). The fourth-order valence-electron chi connectivity index (χ4n) is 5.13. The van der Waals surface area contributed by atoms with Crippen LogP contribution < -0.4 is 19.7 Å². The van der Waals surface area contributed by atoms with Gasteiger partial charge in [0.25, 0.3) is 0 Å². The van der Waals surface area contributed by atoms with Crippen LogP contribution in [0.4, 0.5) is 5.82 Å². The van der Waals surface area contributed by atoms with E-state index in [1.54, 1.807) is 4.90 Å². The van der Waals surface area contributed by atoms with Crippen LogP contribution in [0.15, 0.2) is 72.8 Å². The molecule has 2 aliphatic heterocycles. The number of carbonyl (C=O) groups is 2. The largest absolute Gasteiger partial charge is 0.454 e. The lowest BCUT2D eigenvalue weighted by Crippen LogP contribution is -2.43. The van der Waals surface area contributed by atoms with Crippen LogP contribution in [0.3, 0.4) is 0 Å². The van der Waals surface area contributed by atoms with Gasteiger partial charge in [0.2, 0.25) is 18.6 Å². The Morgan fingerprint density at radius 1 is 1.05 bits per heavy atom. The topological polar surface area (TPSA) is 85.7 Å². The number of aryl methyl sites for hydroxylation is 1. The third-order valence-corrected chi connectivity index (χ3v) is 8.35. The summed E-state index contributed by atoms with van der Waals surface area (Å²) in [6, 6.07) is 23.9. The monoisotopic (exact) mass is 568 g/mol. The molecule has 2 aliphatic rings. The molecule has 1 N–H and O–H groups in total. The van der Waals surface area contributed by atoms with E-state index in [4.69, 9.17) is 14.6 Å². The number of aromatic nitrogens is 2. The van der Waals surface area contributed by atoms with Crippen molar-refractivity contribution >= 4 is 29.4 Å².